The molecule has 2 aromatic rings. The summed E-state index contributed by atoms with van der Waals surface area (Å²) in [7, 11) is 3.60. The van der Waals surface area contributed by atoms with Gasteiger partial charge in [0.25, 0.3) is 0 Å². The number of hydrogen-bond donors (Lipinski definition) is 2. The Morgan fingerprint density at radius 1 is 1.06 bits per heavy atom. The van der Waals surface area contributed by atoms with Gasteiger partial charge in [0.2, 0.25) is 0 Å². The third kappa shape index (κ3) is 2.25. The molecule has 0 bridgehead atoms. The minimum atomic E-state index is 0.766. The number of nitrogens with one attached hydrogen (secondary N) is 2. The van der Waals surface area contributed by atoms with Crippen LogP contribution in [0.2, 0.25) is 0 Å². The molecule has 2 rings (SSSR count). The largest absolute Gasteiger partial charge is 0.497 e. The van der Waals surface area contributed by atoms with Crippen LogP contribution >= 0.6 is 0 Å². The van der Waals surface area contributed by atoms with Gasteiger partial charge in [-0.3, -0.25) is 0 Å². The smallest absolute Gasteiger partial charge is 0.119 e. The van der Waals surface area contributed by atoms with E-state index in [9.17, 15) is 0 Å². The average molecular weight is 216 g/mol. The van der Waals surface area contributed by atoms with Crippen LogP contribution in [0.5, 0.6) is 5.75 Å². The lowest BCUT2D eigenvalue weighted by Gasteiger charge is -2.07. The molecule has 0 heterocycles. The Balaban J connectivity index is 2.32. The summed E-state index contributed by atoms with van der Waals surface area (Å²) in [6.45, 7) is 0.766. The van der Waals surface area contributed by atoms with Gasteiger partial charge >= 0.3 is 0 Å². The van der Waals surface area contributed by atoms with Crippen LogP contribution in [-0.2, 0) is 0 Å². The fourth-order valence-electron chi connectivity index (χ4n) is 1.65. The molecule has 0 unspecified atom stereocenters. The summed E-state index contributed by atoms with van der Waals surface area (Å²) >= 11 is 0. The molecule has 0 saturated heterocycles. The average Bonchev–Trinajstić information content (AvgIpc) is 2.35. The van der Waals surface area contributed by atoms with Crippen LogP contribution in [0.25, 0.3) is 10.8 Å². The molecule has 0 aliphatic heterocycles. The van der Waals surface area contributed by atoms with Crippen molar-refractivity contribution in [3.8, 4) is 5.75 Å². The molecule has 2 N–H and O–H groups in total. The third-order valence-corrected chi connectivity index (χ3v) is 2.52. The highest BCUT2D eigenvalue weighted by Crippen LogP contribution is 2.23. The van der Waals surface area contributed by atoms with Gasteiger partial charge in [-0.05, 0) is 42.1 Å². The fraction of sp³-hybridized carbons (Fsp3) is 0.231. The van der Waals surface area contributed by atoms with Gasteiger partial charge in [0.05, 0.1) is 13.8 Å². The zero-order valence-electron chi connectivity index (χ0n) is 9.58. The van der Waals surface area contributed by atoms with Crippen LogP contribution in [0.1, 0.15) is 0 Å². The summed E-state index contributed by atoms with van der Waals surface area (Å²) in [4.78, 5) is 0. The Morgan fingerprint density at radius 2 is 1.81 bits per heavy atom. The predicted octanol–water partition coefficient (Wildman–Crippen LogP) is 2.44. The molecule has 0 aliphatic carbocycles. The molecule has 0 atom stereocenters. The Labute approximate surface area is 95.4 Å². The number of hydrogen-bond acceptors (Lipinski definition) is 3. The van der Waals surface area contributed by atoms with Crippen molar-refractivity contribution >= 4 is 16.5 Å². The molecule has 0 spiro atoms. The van der Waals surface area contributed by atoms with Crippen LogP contribution in [-0.4, -0.2) is 20.8 Å². The van der Waals surface area contributed by atoms with Crippen molar-refractivity contribution in [2.24, 2.45) is 0 Å². The van der Waals surface area contributed by atoms with Crippen LogP contribution in [0.15, 0.2) is 36.4 Å². The predicted molar refractivity (Wildman–Crippen MR) is 68.0 cm³/mol. The number of fused-ring (bicyclic) bond motifs is 1. The second kappa shape index (κ2) is 4.86. The molecule has 0 aromatic heterocycles. The van der Waals surface area contributed by atoms with Crippen molar-refractivity contribution in [2.75, 3.05) is 26.1 Å². The zero-order valence-corrected chi connectivity index (χ0v) is 9.58. The van der Waals surface area contributed by atoms with Crippen molar-refractivity contribution < 1.29 is 4.74 Å². The molecule has 2 aromatic carbocycles. The van der Waals surface area contributed by atoms with Gasteiger partial charge in [-0.1, -0.05) is 12.1 Å². The number of methoxy groups -OCH3 is 1. The van der Waals surface area contributed by atoms with E-state index in [2.05, 4.69) is 34.9 Å². The Bertz CT molecular complexity index is 482. The van der Waals surface area contributed by atoms with Gasteiger partial charge in [-0.2, -0.15) is 0 Å². The molecule has 0 radical (unpaired) electrons. The maximum Gasteiger partial charge on any atom is 0.119 e. The lowest BCUT2D eigenvalue weighted by molar-refractivity contribution is 0.415. The molecule has 3 nitrogen and oxygen atoms in total. The van der Waals surface area contributed by atoms with E-state index >= 15 is 0 Å². The van der Waals surface area contributed by atoms with E-state index in [1.54, 1.807) is 7.11 Å². The SMILES string of the molecule is CNCNc1ccc2cc(OC)ccc2c1. The number of benzene rings is 2. The van der Waals surface area contributed by atoms with Crippen molar-refractivity contribution in [3.63, 3.8) is 0 Å². The topological polar surface area (TPSA) is 33.3 Å². The van der Waals surface area contributed by atoms with E-state index in [1.165, 1.54) is 10.8 Å². The van der Waals surface area contributed by atoms with Crippen molar-refractivity contribution in [1.29, 1.82) is 0 Å². The second-order valence-corrected chi connectivity index (χ2v) is 3.63. The highest BCUT2D eigenvalue weighted by atomic mass is 16.5. The number of anilines is 1. The summed E-state index contributed by atoms with van der Waals surface area (Å²) in [6.07, 6.45) is 0. The first-order chi connectivity index (χ1) is 7.83. The Hall–Kier alpha value is -1.74. The van der Waals surface area contributed by atoms with E-state index in [1.807, 2.05) is 19.2 Å². The minimum Gasteiger partial charge on any atom is -0.497 e. The normalized spacial score (nSPS) is 10.4. The molecule has 84 valence electrons. The molecule has 0 saturated carbocycles. The first-order valence-corrected chi connectivity index (χ1v) is 5.30. The Kier molecular flexibility index (Phi) is 3.27. The van der Waals surface area contributed by atoms with Crippen molar-refractivity contribution in [1.82, 2.24) is 5.32 Å². The summed E-state index contributed by atoms with van der Waals surface area (Å²) in [6, 6.07) is 12.4. The van der Waals surface area contributed by atoms with Gasteiger partial charge in [-0.15, -0.1) is 0 Å². The van der Waals surface area contributed by atoms with Gasteiger partial charge in [-0.25, -0.2) is 0 Å². The summed E-state index contributed by atoms with van der Waals surface area (Å²) < 4.78 is 5.19. The number of rotatable bonds is 4. The van der Waals surface area contributed by atoms with E-state index < -0.39 is 0 Å². The fourth-order valence-corrected chi connectivity index (χ4v) is 1.65. The van der Waals surface area contributed by atoms with E-state index in [0.717, 1.165) is 18.1 Å². The standard InChI is InChI=1S/C13H16N2O/c1-14-9-15-12-5-3-11-8-13(16-2)6-4-10(11)7-12/h3-8,14-15H,9H2,1-2H3. The summed E-state index contributed by atoms with van der Waals surface area (Å²) in [5.74, 6) is 0.892. The zero-order chi connectivity index (χ0) is 11.4. The molecular formula is C13H16N2O. The molecule has 0 aliphatic rings. The van der Waals surface area contributed by atoms with Crippen molar-refractivity contribution in [3.05, 3.63) is 36.4 Å². The van der Waals surface area contributed by atoms with Gasteiger partial charge in [0.15, 0.2) is 0 Å². The maximum atomic E-state index is 5.19. The molecule has 3 heteroatoms. The van der Waals surface area contributed by atoms with Crippen LogP contribution in [0.4, 0.5) is 5.69 Å². The maximum absolute atomic E-state index is 5.19. The van der Waals surface area contributed by atoms with Crippen LogP contribution in [0.3, 0.4) is 0 Å². The molecule has 0 amide bonds. The highest BCUT2D eigenvalue weighted by molar-refractivity contribution is 5.86. The molecular weight excluding hydrogens is 200 g/mol. The Morgan fingerprint density at radius 3 is 2.56 bits per heavy atom. The number of ether oxygens (including phenoxy) is 1. The van der Waals surface area contributed by atoms with Gasteiger partial charge < -0.3 is 15.4 Å². The van der Waals surface area contributed by atoms with E-state index in [-0.39, 0.29) is 0 Å². The summed E-state index contributed by atoms with van der Waals surface area (Å²) in [5.41, 5.74) is 1.12. The molecule has 0 fully saturated rings. The van der Waals surface area contributed by atoms with E-state index in [4.69, 9.17) is 4.74 Å². The lowest BCUT2D eigenvalue weighted by Crippen LogP contribution is -2.16. The van der Waals surface area contributed by atoms with Gasteiger partial charge in [0.1, 0.15) is 5.75 Å². The van der Waals surface area contributed by atoms with Crippen LogP contribution in [0, 0.1) is 0 Å². The first kappa shape index (κ1) is 10.8. The first-order valence-electron chi connectivity index (χ1n) is 5.30. The monoisotopic (exact) mass is 216 g/mol. The third-order valence-electron chi connectivity index (χ3n) is 2.52. The highest BCUT2D eigenvalue weighted by Gasteiger charge is 1.97. The summed E-state index contributed by atoms with van der Waals surface area (Å²) in [5, 5.41) is 8.72. The van der Waals surface area contributed by atoms with Gasteiger partial charge in [0, 0.05) is 5.69 Å². The van der Waals surface area contributed by atoms with E-state index in [0.29, 0.717) is 0 Å². The lowest BCUT2D eigenvalue weighted by atomic mass is 10.1. The minimum absolute atomic E-state index is 0.766. The van der Waals surface area contributed by atoms with Crippen molar-refractivity contribution in [2.45, 2.75) is 0 Å². The van der Waals surface area contributed by atoms with Crippen LogP contribution < -0.4 is 15.4 Å². The second-order valence-electron chi connectivity index (χ2n) is 3.63. The molecule has 16 heavy (non-hydrogen) atoms. The quantitative estimate of drug-likeness (QED) is 0.770.